The lowest BCUT2D eigenvalue weighted by Gasteiger charge is -2.40. The molecular formula is C30H45N5O. The van der Waals surface area contributed by atoms with Gasteiger partial charge in [0, 0.05) is 53.1 Å². The van der Waals surface area contributed by atoms with E-state index in [1.165, 1.54) is 5.57 Å². The first kappa shape index (κ1) is 27.2. The summed E-state index contributed by atoms with van der Waals surface area (Å²) in [6, 6.07) is 8.97. The van der Waals surface area contributed by atoms with Crippen LogP contribution in [0.5, 0.6) is 0 Å². The van der Waals surface area contributed by atoms with Crippen LogP contribution in [0.15, 0.2) is 67.7 Å². The number of nitrogens with zero attached hydrogens (tertiary/aromatic N) is 2. The molecule has 1 aromatic carbocycles. The van der Waals surface area contributed by atoms with E-state index in [0.29, 0.717) is 18.4 Å². The number of rotatable bonds is 10. The second-order valence-corrected chi connectivity index (χ2v) is 9.54. The highest BCUT2D eigenvalue weighted by Crippen LogP contribution is 2.34. The molecule has 1 atom stereocenters. The highest BCUT2D eigenvalue weighted by Gasteiger charge is 2.32. The number of hydrogen-bond donors (Lipinski definition) is 3. The van der Waals surface area contributed by atoms with Crippen molar-refractivity contribution in [3.8, 4) is 0 Å². The molecule has 2 aliphatic rings. The largest absolute Gasteiger partial charge is 0.383 e. The Hall–Kier alpha value is -3.38. The Balaban J connectivity index is 0.00000176. The van der Waals surface area contributed by atoms with Gasteiger partial charge in [0.25, 0.3) is 0 Å². The van der Waals surface area contributed by atoms with Gasteiger partial charge < -0.3 is 15.0 Å². The molecule has 3 N–H and O–H groups in total. The minimum Gasteiger partial charge on any atom is -0.383 e. The first-order valence-electron chi connectivity index (χ1n) is 13.0. The number of H-pyrrole nitrogens is 1. The van der Waals surface area contributed by atoms with Crippen LogP contribution in [0.1, 0.15) is 66.0 Å². The highest BCUT2D eigenvalue weighted by molar-refractivity contribution is 5.81. The number of benzene rings is 1. The lowest BCUT2D eigenvalue weighted by molar-refractivity contribution is -0.117. The van der Waals surface area contributed by atoms with E-state index < -0.39 is 0 Å². The summed E-state index contributed by atoms with van der Waals surface area (Å²) in [4.78, 5) is 13.3. The van der Waals surface area contributed by atoms with Crippen molar-refractivity contribution in [1.29, 1.82) is 0 Å². The molecule has 0 radical (unpaired) electrons. The highest BCUT2D eigenvalue weighted by atomic mass is 16.1. The van der Waals surface area contributed by atoms with Crippen molar-refractivity contribution in [3.05, 3.63) is 84.4 Å². The maximum absolute atomic E-state index is 11.3. The van der Waals surface area contributed by atoms with Gasteiger partial charge in [0.1, 0.15) is 11.9 Å². The van der Waals surface area contributed by atoms with Crippen molar-refractivity contribution in [2.45, 2.75) is 58.7 Å². The fourth-order valence-corrected chi connectivity index (χ4v) is 4.67. The molecule has 6 heteroatoms. The fraction of sp³-hybridized carbons (Fsp3) is 0.400. The molecule has 1 aromatic heterocycles. The quantitative estimate of drug-likeness (QED) is 0.350. The first-order valence-corrected chi connectivity index (χ1v) is 13.0. The molecule has 2 aromatic rings. The van der Waals surface area contributed by atoms with Gasteiger partial charge in [-0.25, -0.2) is 0 Å². The molecule has 0 saturated heterocycles. The van der Waals surface area contributed by atoms with Crippen molar-refractivity contribution < 1.29 is 7.65 Å². The van der Waals surface area contributed by atoms with Gasteiger partial charge in [0.05, 0.1) is 6.20 Å². The molecule has 0 amide bonds. The summed E-state index contributed by atoms with van der Waals surface area (Å²) in [6.45, 7) is 9.67. The van der Waals surface area contributed by atoms with Crippen LogP contribution < -0.4 is 10.6 Å². The monoisotopic (exact) mass is 491 g/mol. The minimum absolute atomic E-state index is 0. The Morgan fingerprint density at radius 2 is 2.03 bits per heavy atom. The zero-order chi connectivity index (χ0) is 26.1. The predicted molar refractivity (Wildman–Crippen MR) is 155 cm³/mol. The third-order valence-corrected chi connectivity index (χ3v) is 6.54. The maximum Gasteiger partial charge on any atom is 0.129 e. The van der Waals surface area contributed by atoms with E-state index in [4.69, 9.17) is 0 Å². The summed E-state index contributed by atoms with van der Waals surface area (Å²) in [5.74, 6) is 0.923. The molecule has 196 valence electrons. The minimum atomic E-state index is -0.0174. The Morgan fingerprint density at radius 1 is 1.25 bits per heavy atom. The normalized spacial score (nSPS) is 21.1. The van der Waals surface area contributed by atoms with Gasteiger partial charge in [-0.1, -0.05) is 50.8 Å². The summed E-state index contributed by atoms with van der Waals surface area (Å²) < 4.78 is 0. The van der Waals surface area contributed by atoms with Gasteiger partial charge in [0.15, 0.2) is 0 Å². The van der Waals surface area contributed by atoms with Gasteiger partial charge in [-0.3, -0.25) is 10.4 Å². The Labute approximate surface area is 219 Å². The first-order chi connectivity index (χ1) is 17.4. The van der Waals surface area contributed by atoms with Crippen LogP contribution in [0.25, 0.3) is 16.8 Å². The summed E-state index contributed by atoms with van der Waals surface area (Å²) in [7, 11) is 4.03. The number of carbonyl (C=O) groups is 1. The van der Waals surface area contributed by atoms with Crippen LogP contribution in [0.4, 0.5) is 0 Å². The van der Waals surface area contributed by atoms with Crippen molar-refractivity contribution >= 4 is 22.6 Å². The van der Waals surface area contributed by atoms with Gasteiger partial charge >= 0.3 is 0 Å². The third kappa shape index (κ3) is 7.08. The molecule has 1 aliphatic heterocycles. The second kappa shape index (κ2) is 13.1. The molecule has 1 fully saturated rings. The number of allylic oxidation sites excluding steroid dienone is 4. The average molecular weight is 492 g/mol. The summed E-state index contributed by atoms with van der Waals surface area (Å²) in [5, 5.41) is 14.6. The lowest BCUT2D eigenvalue weighted by Crippen LogP contribution is -2.52. The van der Waals surface area contributed by atoms with E-state index in [9.17, 15) is 4.79 Å². The number of aromatic amines is 1. The van der Waals surface area contributed by atoms with Crippen molar-refractivity contribution in [3.63, 3.8) is 0 Å². The molecule has 6 nitrogen and oxygen atoms in total. The summed E-state index contributed by atoms with van der Waals surface area (Å²) >= 11 is 0. The third-order valence-electron chi connectivity index (χ3n) is 6.54. The number of hydrogen-bond acceptors (Lipinski definition) is 5. The van der Waals surface area contributed by atoms with Gasteiger partial charge in [-0.15, -0.1) is 0 Å². The van der Waals surface area contributed by atoms with Gasteiger partial charge in [-0.2, -0.15) is 5.10 Å². The van der Waals surface area contributed by atoms with E-state index in [1.54, 1.807) is 6.92 Å². The van der Waals surface area contributed by atoms with Crippen molar-refractivity contribution in [2.75, 3.05) is 14.1 Å². The second-order valence-electron chi connectivity index (χ2n) is 9.54. The topological polar surface area (TPSA) is 73.0 Å². The number of aromatic nitrogens is 2. The molecule has 1 unspecified atom stereocenters. The average Bonchev–Trinajstić information content (AvgIpc) is 3.39. The molecule has 0 bridgehead atoms. The predicted octanol–water partition coefficient (Wildman–Crippen LogP) is 6.11. The molecule has 4 rings (SSSR count). The fourth-order valence-electron chi connectivity index (χ4n) is 4.67. The van der Waals surface area contributed by atoms with E-state index in [1.807, 2.05) is 51.3 Å². The van der Waals surface area contributed by atoms with E-state index in [-0.39, 0.29) is 14.8 Å². The molecule has 0 spiro atoms. The van der Waals surface area contributed by atoms with Gasteiger partial charge in [0.2, 0.25) is 0 Å². The Bertz CT molecular complexity index is 1120. The van der Waals surface area contributed by atoms with E-state index in [2.05, 4.69) is 70.0 Å². The number of carbonyl (C=O) groups excluding carboxylic acids is 1. The lowest BCUT2D eigenvalue weighted by atomic mass is 9.77. The number of nitrogens with one attached hydrogen (secondary N) is 3. The van der Waals surface area contributed by atoms with E-state index >= 15 is 0 Å². The molecule has 2 heterocycles. The zero-order valence-electron chi connectivity index (χ0n) is 22.3. The van der Waals surface area contributed by atoms with Gasteiger partial charge in [-0.05, 0) is 66.5 Å². The SMILES string of the molecule is C=C/C(=C\N(C)C)c1cccc(C2=CC=C(c3cn[nH]c3)C(NC3CC(CCC(C)=O)C3)N2)c1.CC.[HH].[HH]. The van der Waals surface area contributed by atoms with Crippen LogP contribution in [0, 0.1) is 5.92 Å². The summed E-state index contributed by atoms with van der Waals surface area (Å²) in [6.07, 6.45) is 16.0. The molecule has 36 heavy (non-hydrogen) atoms. The van der Waals surface area contributed by atoms with Crippen molar-refractivity contribution in [2.24, 2.45) is 5.92 Å². The summed E-state index contributed by atoms with van der Waals surface area (Å²) in [5.41, 5.74) is 6.66. The smallest absolute Gasteiger partial charge is 0.129 e. The van der Waals surface area contributed by atoms with Crippen LogP contribution in [0.2, 0.25) is 0 Å². The van der Waals surface area contributed by atoms with E-state index in [0.717, 1.165) is 47.2 Å². The molecular weight excluding hydrogens is 446 g/mol. The molecule has 1 aliphatic carbocycles. The van der Waals surface area contributed by atoms with Crippen molar-refractivity contribution in [1.82, 2.24) is 25.7 Å². The van der Waals surface area contributed by atoms with Crippen LogP contribution in [0.3, 0.4) is 0 Å². The maximum atomic E-state index is 11.3. The number of Topliss-reactive ketones (excluding diaryl/α,β-unsaturated/α-hetero) is 1. The van der Waals surface area contributed by atoms with Crippen LogP contribution in [-0.2, 0) is 4.79 Å². The standard InChI is InChI=1S/C28H35N5O.C2H6.2H2/c1-5-21(18-33(3)4)22-7-6-8-23(15-22)27-12-11-26(24-16-29-30-17-24)28(32-27)31-25-13-20(14-25)10-9-19(2)34;1-2;;/h5-8,11-12,15-18,20,25,28,31-32H,1,9-10,13-14H2,2-4H3,(H,29,30);1-2H3;2*1H/b21-18+;;;. The van der Waals surface area contributed by atoms with Crippen LogP contribution in [-0.4, -0.2) is 47.2 Å². The number of ketones is 1. The van der Waals surface area contributed by atoms with Crippen LogP contribution >= 0.6 is 0 Å². The Morgan fingerprint density at radius 3 is 2.67 bits per heavy atom. The number of dihydropyridines is 1. The zero-order valence-corrected chi connectivity index (χ0v) is 22.3. The Kier molecular flexibility index (Phi) is 9.88. The molecule has 1 saturated carbocycles.